The van der Waals surface area contributed by atoms with Crippen LogP contribution < -0.4 is 10.6 Å². The molecule has 9 heteroatoms. The van der Waals surface area contributed by atoms with E-state index in [9.17, 15) is 9.59 Å². The summed E-state index contributed by atoms with van der Waals surface area (Å²) in [5, 5.41) is 7.68. The molecule has 3 aromatic carbocycles. The Labute approximate surface area is 198 Å². The fraction of sp³-hybridized carbons (Fsp3) is 0.143. The van der Waals surface area contributed by atoms with E-state index in [4.69, 9.17) is 58.0 Å². The number of nitrogens with one attached hydrogen (secondary N) is 2. The van der Waals surface area contributed by atoms with Gasteiger partial charge >= 0.3 is 6.03 Å². The molecule has 0 aliphatic rings. The van der Waals surface area contributed by atoms with Crippen LogP contribution in [0.2, 0.25) is 10.0 Å². The van der Waals surface area contributed by atoms with E-state index in [0.29, 0.717) is 10.7 Å². The van der Waals surface area contributed by atoms with Crippen LogP contribution in [0.1, 0.15) is 16.8 Å². The van der Waals surface area contributed by atoms with Crippen molar-refractivity contribution < 1.29 is 9.59 Å². The third kappa shape index (κ3) is 5.71. The predicted molar refractivity (Wildman–Crippen MR) is 126 cm³/mol. The normalized spacial score (nSPS) is 12.4. The Balaban J connectivity index is 1.76. The van der Waals surface area contributed by atoms with Gasteiger partial charge in [0.05, 0.1) is 16.8 Å². The fourth-order valence-corrected chi connectivity index (χ4v) is 3.82. The van der Waals surface area contributed by atoms with Gasteiger partial charge < -0.3 is 10.6 Å². The Hall–Kier alpha value is -1.69. The molecule has 0 heterocycles. The number of hydrogen-bond donors (Lipinski definition) is 2. The molecule has 2 N–H and O–H groups in total. The van der Waals surface area contributed by atoms with Gasteiger partial charge in [0.25, 0.3) is 0 Å². The van der Waals surface area contributed by atoms with Gasteiger partial charge in [-0.1, -0.05) is 94.4 Å². The molecule has 0 saturated heterocycles. The first-order chi connectivity index (χ1) is 14.1. The number of hydrogen-bond acceptors (Lipinski definition) is 2. The summed E-state index contributed by atoms with van der Waals surface area (Å²) in [5.74, 6) is -0.404. The number of rotatable bonds is 5. The van der Waals surface area contributed by atoms with Gasteiger partial charge in [0, 0.05) is 22.4 Å². The predicted octanol–water partition coefficient (Wildman–Crippen LogP) is 7.28. The van der Waals surface area contributed by atoms with E-state index in [1.165, 1.54) is 18.2 Å². The molecule has 3 aromatic rings. The van der Waals surface area contributed by atoms with E-state index in [1.54, 1.807) is 6.07 Å². The molecule has 0 bridgehead atoms. The van der Waals surface area contributed by atoms with Gasteiger partial charge in [0.2, 0.25) is 3.79 Å². The molecular weight excluding hydrogens is 490 g/mol. The van der Waals surface area contributed by atoms with Crippen LogP contribution in [0.4, 0.5) is 10.5 Å². The number of Topliss-reactive ketones (excluding diaryl/α,β-unsaturated/α-hetero) is 1. The van der Waals surface area contributed by atoms with Gasteiger partial charge in [0.1, 0.15) is 0 Å². The maximum Gasteiger partial charge on any atom is 0.319 e. The van der Waals surface area contributed by atoms with E-state index >= 15 is 0 Å². The molecule has 0 radical (unpaired) electrons. The summed E-state index contributed by atoms with van der Waals surface area (Å²) in [6.07, 6.45) is -0.277. The van der Waals surface area contributed by atoms with Gasteiger partial charge in [-0.2, -0.15) is 0 Å². The number of halogens is 5. The Morgan fingerprint density at radius 2 is 1.63 bits per heavy atom. The Morgan fingerprint density at radius 3 is 2.33 bits per heavy atom. The molecule has 0 aliphatic heterocycles. The number of amides is 2. The summed E-state index contributed by atoms with van der Waals surface area (Å²) in [6, 6.07) is 15.8. The lowest BCUT2D eigenvalue weighted by Crippen LogP contribution is -2.46. The quantitative estimate of drug-likeness (QED) is 0.283. The zero-order valence-electron chi connectivity index (χ0n) is 15.3. The Morgan fingerprint density at radius 1 is 0.933 bits per heavy atom. The molecule has 0 fully saturated rings. The summed E-state index contributed by atoms with van der Waals surface area (Å²) in [7, 11) is 0. The van der Waals surface area contributed by atoms with Crippen LogP contribution in [0, 0.1) is 0 Å². The monoisotopic (exact) mass is 502 g/mol. The minimum Gasteiger partial charge on any atom is -0.330 e. The van der Waals surface area contributed by atoms with Crippen LogP contribution in [0.3, 0.4) is 0 Å². The van der Waals surface area contributed by atoms with Crippen molar-refractivity contribution in [2.24, 2.45) is 0 Å². The summed E-state index contributed by atoms with van der Waals surface area (Å²) < 4.78 is -1.93. The van der Waals surface area contributed by atoms with Crippen molar-refractivity contribution in [3.05, 3.63) is 76.3 Å². The average Bonchev–Trinajstić information content (AvgIpc) is 2.67. The molecule has 0 saturated carbocycles. The van der Waals surface area contributed by atoms with Crippen molar-refractivity contribution in [1.82, 2.24) is 5.32 Å². The van der Waals surface area contributed by atoms with Crippen LogP contribution >= 0.6 is 58.0 Å². The average molecular weight is 505 g/mol. The van der Waals surface area contributed by atoms with Crippen molar-refractivity contribution in [1.29, 1.82) is 0 Å². The highest BCUT2D eigenvalue weighted by molar-refractivity contribution is 6.68. The van der Waals surface area contributed by atoms with E-state index < -0.39 is 21.6 Å². The van der Waals surface area contributed by atoms with Crippen molar-refractivity contribution in [3.8, 4) is 0 Å². The highest BCUT2D eigenvalue weighted by Gasteiger charge is 2.36. The van der Waals surface area contributed by atoms with Gasteiger partial charge in [-0.05, 0) is 29.7 Å². The highest BCUT2D eigenvalue weighted by Crippen LogP contribution is 2.34. The summed E-state index contributed by atoms with van der Waals surface area (Å²) in [4.78, 5) is 25.3. The molecule has 0 aliphatic carbocycles. The molecule has 3 rings (SSSR count). The van der Waals surface area contributed by atoms with Crippen molar-refractivity contribution in [2.45, 2.75) is 16.3 Å². The van der Waals surface area contributed by atoms with Crippen molar-refractivity contribution in [3.63, 3.8) is 0 Å². The van der Waals surface area contributed by atoms with Gasteiger partial charge in [-0.3, -0.25) is 4.79 Å². The van der Waals surface area contributed by atoms with Crippen LogP contribution in [0.15, 0.2) is 60.7 Å². The zero-order valence-corrected chi connectivity index (χ0v) is 19.0. The first-order valence-corrected chi connectivity index (χ1v) is 10.6. The maximum absolute atomic E-state index is 12.7. The smallest absolute Gasteiger partial charge is 0.319 e. The summed E-state index contributed by atoms with van der Waals surface area (Å²) >= 11 is 30.0. The molecule has 30 heavy (non-hydrogen) atoms. The van der Waals surface area contributed by atoms with E-state index in [0.717, 1.165) is 10.8 Å². The Bertz CT molecular complexity index is 1090. The topological polar surface area (TPSA) is 58.2 Å². The lowest BCUT2D eigenvalue weighted by molar-refractivity contribution is 0.0971. The van der Waals surface area contributed by atoms with Crippen LogP contribution in [-0.4, -0.2) is 21.6 Å². The number of carbonyl (C=O) groups is 2. The van der Waals surface area contributed by atoms with E-state index in [1.807, 2.05) is 36.4 Å². The van der Waals surface area contributed by atoms with E-state index in [2.05, 4.69) is 10.6 Å². The third-order valence-corrected chi connectivity index (χ3v) is 5.70. The largest absolute Gasteiger partial charge is 0.330 e. The number of benzene rings is 3. The van der Waals surface area contributed by atoms with Crippen molar-refractivity contribution >= 4 is 86.3 Å². The lowest BCUT2D eigenvalue weighted by Gasteiger charge is -2.25. The summed E-state index contributed by atoms with van der Waals surface area (Å²) in [6.45, 7) is 0. The SMILES string of the molecule is O=C(Nc1cccc2ccccc12)N[C@@H](CC(=O)c1ccc(Cl)cc1Cl)C(Cl)(Cl)Cl. The number of urea groups is 1. The molecule has 0 aromatic heterocycles. The zero-order chi connectivity index (χ0) is 21.9. The number of carbonyl (C=O) groups excluding carboxylic acids is 2. The molecule has 0 unspecified atom stereocenters. The first kappa shape index (κ1) is 23.0. The second-order valence-corrected chi connectivity index (χ2v) is 9.68. The van der Waals surface area contributed by atoms with Crippen LogP contribution in [0.25, 0.3) is 10.8 Å². The Kier molecular flexibility index (Phi) is 7.38. The first-order valence-electron chi connectivity index (χ1n) is 8.75. The minimum absolute atomic E-state index is 0.177. The standard InChI is InChI=1S/C21H15Cl5N2O2/c22-13-8-9-15(16(23)10-13)18(29)11-19(21(24,25)26)28-20(30)27-17-7-3-5-12-4-1-2-6-14(12)17/h1-10,19H,11H2,(H2,27,28,30)/t19-/m0/s1. The number of fused-ring (bicyclic) bond motifs is 1. The molecule has 156 valence electrons. The molecule has 4 nitrogen and oxygen atoms in total. The van der Waals surface area contributed by atoms with Crippen LogP contribution in [0.5, 0.6) is 0 Å². The lowest BCUT2D eigenvalue weighted by atomic mass is 10.0. The van der Waals surface area contributed by atoms with Gasteiger partial charge in [0.15, 0.2) is 5.78 Å². The number of anilines is 1. The maximum atomic E-state index is 12.7. The second kappa shape index (κ2) is 9.63. The highest BCUT2D eigenvalue weighted by atomic mass is 35.6. The molecule has 0 spiro atoms. The number of alkyl halides is 3. The molecular formula is C21H15Cl5N2O2. The van der Waals surface area contributed by atoms with E-state index in [-0.39, 0.29) is 17.0 Å². The van der Waals surface area contributed by atoms with Crippen molar-refractivity contribution in [2.75, 3.05) is 5.32 Å². The molecule has 1 atom stereocenters. The third-order valence-electron chi connectivity index (χ3n) is 4.36. The molecule has 2 amide bonds. The second-order valence-electron chi connectivity index (χ2n) is 6.47. The van der Waals surface area contributed by atoms with Gasteiger partial charge in [-0.15, -0.1) is 0 Å². The summed E-state index contributed by atoms with van der Waals surface area (Å²) in [5.41, 5.74) is 0.803. The minimum atomic E-state index is -1.93. The van der Waals surface area contributed by atoms with Crippen LogP contribution in [-0.2, 0) is 0 Å². The fourth-order valence-electron chi connectivity index (χ4n) is 2.91. The number of ketones is 1. The van der Waals surface area contributed by atoms with Gasteiger partial charge in [-0.25, -0.2) is 4.79 Å².